The molecule has 23 heavy (non-hydrogen) atoms. The second kappa shape index (κ2) is 5.89. The Hall–Kier alpha value is -2.59. The molecule has 6 nitrogen and oxygen atoms in total. The van der Waals surface area contributed by atoms with Gasteiger partial charge >= 0.3 is 0 Å². The van der Waals surface area contributed by atoms with Crippen LogP contribution in [0.4, 0.5) is 24.5 Å². The predicted molar refractivity (Wildman–Crippen MR) is 76.5 cm³/mol. The van der Waals surface area contributed by atoms with Gasteiger partial charge in [-0.3, -0.25) is 4.79 Å². The van der Waals surface area contributed by atoms with E-state index in [1.807, 2.05) is 0 Å². The molecule has 0 atom stereocenters. The molecule has 2 aromatic rings. The molecule has 5 N–H and O–H groups in total. The Morgan fingerprint density at radius 1 is 1.04 bits per heavy atom. The van der Waals surface area contributed by atoms with Gasteiger partial charge in [-0.1, -0.05) is 0 Å². The number of anilines is 2. The third-order valence-corrected chi connectivity index (χ3v) is 3.79. The molecule has 10 heteroatoms. The van der Waals surface area contributed by atoms with Gasteiger partial charge in [0.25, 0.3) is 5.91 Å². The Labute approximate surface area is 129 Å². The summed E-state index contributed by atoms with van der Waals surface area (Å²) in [6, 6.07) is 4.40. The van der Waals surface area contributed by atoms with Crippen LogP contribution in [0.3, 0.4) is 0 Å². The lowest BCUT2D eigenvalue weighted by Gasteiger charge is -2.09. The van der Waals surface area contributed by atoms with Crippen molar-refractivity contribution in [2.24, 2.45) is 5.14 Å². The van der Waals surface area contributed by atoms with Crippen LogP contribution >= 0.6 is 0 Å². The van der Waals surface area contributed by atoms with Crippen LogP contribution < -0.4 is 16.2 Å². The molecule has 2 aromatic carbocycles. The lowest BCUT2D eigenvalue weighted by Crippen LogP contribution is -2.17. The lowest BCUT2D eigenvalue weighted by molar-refractivity contribution is 0.102. The highest BCUT2D eigenvalue weighted by molar-refractivity contribution is 7.89. The maximum Gasteiger partial charge on any atom is 0.255 e. The number of rotatable bonds is 3. The Morgan fingerprint density at radius 3 is 2.13 bits per heavy atom. The topological polar surface area (TPSA) is 115 Å². The summed E-state index contributed by atoms with van der Waals surface area (Å²) in [6.07, 6.45) is 0. The van der Waals surface area contributed by atoms with E-state index in [1.54, 1.807) is 0 Å². The average Bonchev–Trinajstić information content (AvgIpc) is 2.43. The molecular formula is C13H10F3N3O3S. The van der Waals surface area contributed by atoms with Crippen LogP contribution in [-0.4, -0.2) is 14.3 Å². The van der Waals surface area contributed by atoms with Gasteiger partial charge in [0.15, 0.2) is 17.5 Å². The number of benzene rings is 2. The number of carbonyl (C=O) groups is 1. The molecule has 0 heterocycles. The number of nitrogens with two attached hydrogens (primary N) is 2. The van der Waals surface area contributed by atoms with E-state index >= 15 is 0 Å². The van der Waals surface area contributed by atoms with Gasteiger partial charge in [0.2, 0.25) is 10.0 Å². The Balaban J connectivity index is 2.35. The van der Waals surface area contributed by atoms with Crippen LogP contribution in [0.1, 0.15) is 10.4 Å². The Bertz CT molecular complexity index is 878. The fourth-order valence-electron chi connectivity index (χ4n) is 1.75. The van der Waals surface area contributed by atoms with Crippen molar-refractivity contribution in [1.82, 2.24) is 0 Å². The van der Waals surface area contributed by atoms with E-state index in [-0.39, 0.29) is 16.9 Å². The molecule has 0 saturated carbocycles. The minimum Gasteiger partial charge on any atom is -0.398 e. The van der Waals surface area contributed by atoms with Gasteiger partial charge in [-0.05, 0) is 18.2 Å². The normalized spacial score (nSPS) is 11.3. The highest BCUT2D eigenvalue weighted by atomic mass is 32.2. The fourth-order valence-corrected chi connectivity index (χ4v) is 2.44. The monoisotopic (exact) mass is 345 g/mol. The van der Waals surface area contributed by atoms with Crippen molar-refractivity contribution in [3.05, 3.63) is 53.3 Å². The number of hydrogen-bond acceptors (Lipinski definition) is 4. The molecular weight excluding hydrogens is 335 g/mol. The minimum atomic E-state index is -4.16. The Morgan fingerprint density at radius 2 is 1.61 bits per heavy atom. The van der Waals surface area contributed by atoms with Gasteiger partial charge in [0.1, 0.15) is 4.90 Å². The first-order valence-electron chi connectivity index (χ1n) is 5.98. The third-order valence-electron chi connectivity index (χ3n) is 2.82. The molecule has 0 aliphatic carbocycles. The number of amides is 1. The zero-order valence-electron chi connectivity index (χ0n) is 11.3. The molecule has 0 aliphatic heterocycles. The molecule has 0 spiro atoms. The standard InChI is InChI=1S/C13H10F3N3O3S/c14-8-4-7(5-9(15)12(8)16)19-13(20)6-1-2-10(17)11(3-6)23(18,21)22/h1-5H,17H2,(H,19,20)(H2,18,21,22). The van der Waals surface area contributed by atoms with Crippen molar-refractivity contribution in [1.29, 1.82) is 0 Å². The van der Waals surface area contributed by atoms with Crippen molar-refractivity contribution >= 4 is 27.3 Å². The van der Waals surface area contributed by atoms with Crippen LogP contribution in [0.2, 0.25) is 0 Å². The number of nitrogen functional groups attached to an aromatic ring is 1. The molecule has 0 fully saturated rings. The fraction of sp³-hybridized carbons (Fsp3) is 0. The number of carbonyl (C=O) groups excluding carboxylic acids is 1. The molecule has 0 unspecified atom stereocenters. The number of sulfonamides is 1. The van der Waals surface area contributed by atoms with Crippen molar-refractivity contribution in [2.45, 2.75) is 4.90 Å². The first kappa shape index (κ1) is 16.8. The summed E-state index contributed by atoms with van der Waals surface area (Å²) in [6.45, 7) is 0. The molecule has 0 saturated heterocycles. The van der Waals surface area contributed by atoms with E-state index in [1.165, 1.54) is 6.07 Å². The molecule has 0 bridgehead atoms. The van der Waals surface area contributed by atoms with E-state index in [0.29, 0.717) is 12.1 Å². The SMILES string of the molecule is Nc1ccc(C(=O)Nc2cc(F)c(F)c(F)c2)cc1S(N)(=O)=O. The largest absolute Gasteiger partial charge is 0.398 e. The summed E-state index contributed by atoms with van der Waals surface area (Å²) >= 11 is 0. The van der Waals surface area contributed by atoms with Gasteiger partial charge in [-0.15, -0.1) is 0 Å². The quantitative estimate of drug-likeness (QED) is 0.579. The highest BCUT2D eigenvalue weighted by Crippen LogP contribution is 2.21. The van der Waals surface area contributed by atoms with E-state index < -0.39 is 38.3 Å². The maximum absolute atomic E-state index is 13.1. The van der Waals surface area contributed by atoms with Crippen LogP contribution in [-0.2, 0) is 10.0 Å². The maximum atomic E-state index is 13.1. The highest BCUT2D eigenvalue weighted by Gasteiger charge is 2.17. The van der Waals surface area contributed by atoms with Crippen LogP contribution in [0.25, 0.3) is 0 Å². The summed E-state index contributed by atoms with van der Waals surface area (Å²) in [5.41, 5.74) is 4.77. The number of halogens is 3. The van der Waals surface area contributed by atoms with E-state index in [2.05, 4.69) is 5.32 Å². The number of nitrogens with one attached hydrogen (secondary N) is 1. The number of hydrogen-bond donors (Lipinski definition) is 3. The minimum absolute atomic E-state index is 0.164. The Kier molecular flexibility index (Phi) is 4.30. The summed E-state index contributed by atoms with van der Waals surface area (Å²) < 4.78 is 61.7. The van der Waals surface area contributed by atoms with Crippen LogP contribution in [0, 0.1) is 17.5 Å². The van der Waals surface area contributed by atoms with Gasteiger partial charge in [-0.2, -0.15) is 0 Å². The summed E-state index contributed by atoms with van der Waals surface area (Å²) in [4.78, 5) is 11.5. The second-order valence-electron chi connectivity index (χ2n) is 4.51. The van der Waals surface area contributed by atoms with Gasteiger partial charge in [-0.25, -0.2) is 26.7 Å². The lowest BCUT2D eigenvalue weighted by atomic mass is 10.2. The summed E-state index contributed by atoms with van der Waals surface area (Å²) in [5.74, 6) is -5.53. The zero-order valence-corrected chi connectivity index (χ0v) is 12.1. The first-order valence-corrected chi connectivity index (χ1v) is 7.52. The average molecular weight is 345 g/mol. The van der Waals surface area contributed by atoms with Gasteiger partial charge in [0, 0.05) is 23.4 Å². The smallest absolute Gasteiger partial charge is 0.255 e. The van der Waals surface area contributed by atoms with E-state index in [4.69, 9.17) is 10.9 Å². The molecule has 122 valence electrons. The van der Waals surface area contributed by atoms with Crippen molar-refractivity contribution < 1.29 is 26.4 Å². The van der Waals surface area contributed by atoms with Crippen LogP contribution in [0.5, 0.6) is 0 Å². The third kappa shape index (κ3) is 3.60. The first-order chi connectivity index (χ1) is 10.6. The molecule has 0 aromatic heterocycles. The van der Waals surface area contributed by atoms with E-state index in [0.717, 1.165) is 12.1 Å². The second-order valence-corrected chi connectivity index (χ2v) is 6.04. The molecule has 0 aliphatic rings. The van der Waals surface area contributed by atoms with Gasteiger partial charge < -0.3 is 11.1 Å². The number of primary sulfonamides is 1. The van der Waals surface area contributed by atoms with Gasteiger partial charge in [0.05, 0.1) is 5.69 Å². The van der Waals surface area contributed by atoms with Crippen LogP contribution in [0.15, 0.2) is 35.2 Å². The predicted octanol–water partition coefficient (Wildman–Crippen LogP) is 1.59. The zero-order chi connectivity index (χ0) is 17.4. The van der Waals surface area contributed by atoms with Crippen molar-refractivity contribution in [3.8, 4) is 0 Å². The summed E-state index contributed by atoms with van der Waals surface area (Å²) in [7, 11) is -4.16. The van der Waals surface area contributed by atoms with Crippen molar-refractivity contribution in [3.63, 3.8) is 0 Å². The molecule has 2 rings (SSSR count). The molecule has 0 radical (unpaired) electrons. The molecule has 1 amide bonds. The van der Waals surface area contributed by atoms with E-state index in [9.17, 15) is 26.4 Å². The van der Waals surface area contributed by atoms with Crippen molar-refractivity contribution in [2.75, 3.05) is 11.1 Å². The summed E-state index contributed by atoms with van der Waals surface area (Å²) in [5, 5.41) is 7.06.